The summed E-state index contributed by atoms with van der Waals surface area (Å²) in [7, 11) is 0. The summed E-state index contributed by atoms with van der Waals surface area (Å²) in [6.07, 6.45) is -4.51. The molecule has 0 spiro atoms. The molecule has 0 aromatic heterocycles. The van der Waals surface area contributed by atoms with Crippen LogP contribution in [0.15, 0.2) is 30.3 Å². The number of halogens is 3. The van der Waals surface area contributed by atoms with E-state index in [0.717, 1.165) is 10.5 Å². The van der Waals surface area contributed by atoms with Gasteiger partial charge in [0, 0.05) is 19.4 Å². The smallest absolute Gasteiger partial charge is 0.379 e. The number of β-amino-alcohol motifs (C(OH)–C–C–N with tert-alkyl or cyclic N) is 1. The molecule has 0 radical (unpaired) electrons. The lowest BCUT2D eigenvalue weighted by Gasteiger charge is -2.25. The van der Waals surface area contributed by atoms with E-state index in [1.807, 2.05) is 30.3 Å². The van der Waals surface area contributed by atoms with Crippen molar-refractivity contribution in [2.75, 3.05) is 13.1 Å². The second-order valence-electron chi connectivity index (χ2n) is 5.08. The number of nitrogens with zero attached hydrogens (tertiary/aromatic N) is 1. The summed E-state index contributed by atoms with van der Waals surface area (Å²) in [5.74, 6) is -0.353. The van der Waals surface area contributed by atoms with Gasteiger partial charge in [-0.25, -0.2) is 0 Å². The Bertz CT molecular complexity index is 475. The van der Waals surface area contributed by atoms with E-state index < -0.39 is 24.7 Å². The first-order valence-corrected chi connectivity index (χ1v) is 6.43. The van der Waals surface area contributed by atoms with E-state index in [2.05, 4.69) is 0 Å². The maximum atomic E-state index is 12.6. The second-order valence-corrected chi connectivity index (χ2v) is 5.08. The first-order chi connectivity index (χ1) is 9.32. The van der Waals surface area contributed by atoms with E-state index in [0.29, 0.717) is 6.42 Å². The summed E-state index contributed by atoms with van der Waals surface area (Å²) >= 11 is 0. The molecule has 1 aliphatic heterocycles. The standard InChI is InChI=1S/C14H16F3NO2/c15-14(16,17)13(20)8-9-18(10-13)12(19)7-6-11-4-2-1-3-5-11/h1-5,20H,6-10H2. The molecular formula is C14H16F3NO2. The molecule has 0 aliphatic carbocycles. The van der Waals surface area contributed by atoms with Crippen molar-refractivity contribution in [3.05, 3.63) is 35.9 Å². The van der Waals surface area contributed by atoms with E-state index in [4.69, 9.17) is 0 Å². The molecule has 1 N–H and O–H groups in total. The Morgan fingerprint density at radius 1 is 1.30 bits per heavy atom. The fourth-order valence-corrected chi connectivity index (χ4v) is 2.29. The lowest BCUT2D eigenvalue weighted by atomic mass is 10.0. The quantitative estimate of drug-likeness (QED) is 0.925. The van der Waals surface area contributed by atoms with Gasteiger partial charge < -0.3 is 10.0 Å². The molecule has 2 rings (SSSR count). The maximum Gasteiger partial charge on any atom is 0.419 e. The molecule has 1 aromatic rings. The number of hydrogen-bond acceptors (Lipinski definition) is 2. The van der Waals surface area contributed by atoms with Gasteiger partial charge in [0.15, 0.2) is 5.60 Å². The molecule has 0 bridgehead atoms. The Balaban J connectivity index is 1.89. The highest BCUT2D eigenvalue weighted by Gasteiger charge is 2.57. The first kappa shape index (κ1) is 14.8. The van der Waals surface area contributed by atoms with Gasteiger partial charge in [-0.15, -0.1) is 0 Å². The molecule has 1 amide bonds. The molecule has 1 unspecified atom stereocenters. The van der Waals surface area contributed by atoms with Gasteiger partial charge in [-0.2, -0.15) is 13.2 Å². The zero-order valence-electron chi connectivity index (χ0n) is 10.9. The summed E-state index contributed by atoms with van der Waals surface area (Å²) in [5, 5.41) is 9.51. The molecule has 1 saturated heterocycles. The van der Waals surface area contributed by atoms with Gasteiger partial charge in [-0.1, -0.05) is 30.3 Å². The van der Waals surface area contributed by atoms with Gasteiger partial charge in [-0.05, 0) is 12.0 Å². The summed E-state index contributed by atoms with van der Waals surface area (Å²) < 4.78 is 37.9. The number of aryl methyl sites for hydroxylation is 1. The van der Waals surface area contributed by atoms with Gasteiger partial charge in [0.2, 0.25) is 5.91 Å². The zero-order chi connectivity index (χ0) is 14.8. The number of aliphatic hydroxyl groups is 1. The van der Waals surface area contributed by atoms with Gasteiger partial charge in [0.05, 0.1) is 6.54 Å². The molecule has 0 saturated carbocycles. The number of rotatable bonds is 3. The van der Waals surface area contributed by atoms with Crippen molar-refractivity contribution in [1.82, 2.24) is 4.90 Å². The highest BCUT2D eigenvalue weighted by atomic mass is 19.4. The Morgan fingerprint density at radius 2 is 1.95 bits per heavy atom. The normalized spacial score (nSPS) is 23.1. The predicted molar refractivity (Wildman–Crippen MR) is 67.0 cm³/mol. The van der Waals surface area contributed by atoms with Crippen LogP contribution in [0, 0.1) is 0 Å². The number of hydrogen-bond donors (Lipinski definition) is 1. The van der Waals surface area contributed by atoms with Crippen LogP contribution >= 0.6 is 0 Å². The van der Waals surface area contributed by atoms with Crippen LogP contribution < -0.4 is 0 Å². The van der Waals surface area contributed by atoms with E-state index in [1.54, 1.807) is 0 Å². The van der Waals surface area contributed by atoms with Crippen LogP contribution in [0.2, 0.25) is 0 Å². The van der Waals surface area contributed by atoms with Gasteiger partial charge in [0.1, 0.15) is 0 Å². The minimum absolute atomic E-state index is 0.0520. The summed E-state index contributed by atoms with van der Waals surface area (Å²) in [5.41, 5.74) is -1.79. The Kier molecular flexibility index (Phi) is 4.04. The number of benzene rings is 1. The Morgan fingerprint density at radius 3 is 2.50 bits per heavy atom. The van der Waals surface area contributed by atoms with Crippen LogP contribution in [-0.4, -0.2) is 40.8 Å². The predicted octanol–water partition coefficient (Wildman–Crippen LogP) is 2.14. The Hall–Kier alpha value is -1.56. The van der Waals surface area contributed by atoms with Crippen LogP contribution in [0.4, 0.5) is 13.2 Å². The van der Waals surface area contributed by atoms with Crippen LogP contribution in [0.1, 0.15) is 18.4 Å². The summed E-state index contributed by atoms with van der Waals surface area (Å²) in [6.45, 7) is -0.715. The monoisotopic (exact) mass is 287 g/mol. The minimum atomic E-state index is -4.69. The van der Waals surface area contributed by atoms with Crippen molar-refractivity contribution in [2.45, 2.75) is 31.0 Å². The third-order valence-corrected chi connectivity index (χ3v) is 3.60. The largest absolute Gasteiger partial charge is 0.419 e. The van der Waals surface area contributed by atoms with Gasteiger partial charge in [0.25, 0.3) is 0 Å². The Labute approximate surface area is 115 Å². The van der Waals surface area contributed by atoms with Crippen LogP contribution in [0.3, 0.4) is 0 Å². The van der Waals surface area contributed by atoms with E-state index >= 15 is 0 Å². The molecule has 20 heavy (non-hydrogen) atoms. The number of carbonyl (C=O) groups excluding carboxylic acids is 1. The van der Waals surface area contributed by atoms with Crippen molar-refractivity contribution in [3.8, 4) is 0 Å². The first-order valence-electron chi connectivity index (χ1n) is 6.43. The molecule has 1 fully saturated rings. The topological polar surface area (TPSA) is 40.5 Å². The van der Waals surface area contributed by atoms with Crippen molar-refractivity contribution in [1.29, 1.82) is 0 Å². The van der Waals surface area contributed by atoms with E-state index in [-0.39, 0.29) is 18.9 Å². The van der Waals surface area contributed by atoms with Crippen molar-refractivity contribution >= 4 is 5.91 Å². The third kappa shape index (κ3) is 3.12. The molecule has 1 atom stereocenters. The molecule has 110 valence electrons. The fraction of sp³-hybridized carbons (Fsp3) is 0.500. The molecular weight excluding hydrogens is 271 g/mol. The molecule has 3 nitrogen and oxygen atoms in total. The fourth-order valence-electron chi connectivity index (χ4n) is 2.29. The van der Waals surface area contributed by atoms with Gasteiger partial charge >= 0.3 is 6.18 Å². The number of alkyl halides is 3. The highest BCUT2D eigenvalue weighted by Crippen LogP contribution is 2.37. The highest BCUT2D eigenvalue weighted by molar-refractivity contribution is 5.77. The van der Waals surface area contributed by atoms with Crippen molar-refractivity contribution in [3.63, 3.8) is 0 Å². The SMILES string of the molecule is O=C(CCc1ccccc1)N1CCC(O)(C(F)(F)F)C1. The van der Waals surface area contributed by atoms with E-state index in [9.17, 15) is 23.1 Å². The van der Waals surface area contributed by atoms with E-state index in [1.165, 1.54) is 0 Å². The molecule has 6 heteroatoms. The maximum absolute atomic E-state index is 12.6. The minimum Gasteiger partial charge on any atom is -0.379 e. The lowest BCUT2D eigenvalue weighted by molar-refractivity contribution is -0.253. The molecule has 1 aromatic carbocycles. The van der Waals surface area contributed by atoms with Crippen molar-refractivity contribution < 1.29 is 23.1 Å². The van der Waals surface area contributed by atoms with Crippen molar-refractivity contribution in [2.24, 2.45) is 0 Å². The summed E-state index contributed by atoms with van der Waals surface area (Å²) in [4.78, 5) is 13.0. The van der Waals surface area contributed by atoms with Gasteiger partial charge in [-0.3, -0.25) is 4.79 Å². The molecule has 1 heterocycles. The second kappa shape index (κ2) is 5.44. The van der Waals surface area contributed by atoms with Crippen LogP contribution in [-0.2, 0) is 11.2 Å². The molecule has 1 aliphatic rings. The number of carbonyl (C=O) groups is 1. The number of likely N-dealkylation sites (tertiary alicyclic amines) is 1. The zero-order valence-corrected chi connectivity index (χ0v) is 10.9. The third-order valence-electron chi connectivity index (χ3n) is 3.60. The average Bonchev–Trinajstić information content (AvgIpc) is 2.81. The van der Waals surface area contributed by atoms with Crippen LogP contribution in [0.5, 0.6) is 0 Å². The lowest BCUT2D eigenvalue weighted by Crippen LogP contribution is -2.48. The van der Waals surface area contributed by atoms with Crippen LogP contribution in [0.25, 0.3) is 0 Å². The average molecular weight is 287 g/mol. The number of amides is 1. The summed E-state index contributed by atoms with van der Waals surface area (Å²) in [6, 6.07) is 9.28.